The number of aliphatic hydroxyl groups is 2. The molecule has 8 N–H and O–H groups in total. The van der Waals surface area contributed by atoms with Crippen molar-refractivity contribution in [1.29, 1.82) is 0 Å². The Kier molecular flexibility index (Phi) is 13.1. The molecule has 13 nitrogen and oxygen atoms in total. The van der Waals surface area contributed by atoms with Gasteiger partial charge >= 0.3 is 7.60 Å². The molecule has 284 valence electrons. The number of para-hydroxylation sites is 1. The van der Waals surface area contributed by atoms with E-state index in [2.05, 4.69) is 5.32 Å². The van der Waals surface area contributed by atoms with Gasteiger partial charge in [-0.2, -0.15) is 0 Å². The number of amides is 1. The number of hydrogen-bond acceptors (Lipinski definition) is 11. The highest BCUT2D eigenvalue weighted by molar-refractivity contribution is 7.54. The van der Waals surface area contributed by atoms with Crippen LogP contribution in [0.2, 0.25) is 0 Å². The lowest BCUT2D eigenvalue weighted by Crippen LogP contribution is -2.43. The lowest BCUT2D eigenvalue weighted by atomic mass is 9.63. The van der Waals surface area contributed by atoms with E-state index in [4.69, 9.17) is 14.8 Å². The zero-order chi connectivity index (χ0) is 37.0. The number of aromatic hydroxyl groups is 1. The minimum Gasteiger partial charge on any atom is -0.507 e. The number of anilines is 2. The van der Waals surface area contributed by atoms with E-state index in [9.17, 15) is 34.3 Å². The number of nitrogens with one attached hydrogen (secondary N) is 1. The molecule has 4 atom stereocenters. The van der Waals surface area contributed by atoms with Crippen LogP contribution < -0.4 is 16.0 Å². The van der Waals surface area contributed by atoms with Crippen LogP contribution >= 0.6 is 7.60 Å². The van der Waals surface area contributed by atoms with E-state index in [0.29, 0.717) is 40.8 Å². The van der Waals surface area contributed by atoms with Crippen molar-refractivity contribution in [2.75, 3.05) is 44.1 Å². The van der Waals surface area contributed by atoms with Crippen LogP contribution in [-0.2, 0) is 34.4 Å². The van der Waals surface area contributed by atoms with Gasteiger partial charge in [0.05, 0.1) is 31.1 Å². The van der Waals surface area contributed by atoms with Gasteiger partial charge in [0.15, 0.2) is 17.3 Å². The zero-order valence-corrected chi connectivity index (χ0v) is 30.7. The highest BCUT2D eigenvalue weighted by atomic mass is 31.2. The molecule has 52 heavy (non-hydrogen) atoms. The Morgan fingerprint density at radius 3 is 2.25 bits per heavy atom. The van der Waals surface area contributed by atoms with Gasteiger partial charge in [-0.05, 0) is 79.8 Å². The fourth-order valence-corrected chi connectivity index (χ4v) is 9.36. The van der Waals surface area contributed by atoms with Crippen molar-refractivity contribution in [1.82, 2.24) is 0 Å². The van der Waals surface area contributed by atoms with E-state index in [1.54, 1.807) is 38.1 Å². The predicted octanol–water partition coefficient (Wildman–Crippen LogP) is 5.64. The fraction of sp³-hybridized carbons (Fsp3) is 0.395. The van der Waals surface area contributed by atoms with Crippen LogP contribution in [0.4, 0.5) is 11.4 Å². The maximum absolute atomic E-state index is 14.1. The standard InChI is InChI=1S/C38H46N3O9P.H2O.2H2/c1-5-49-51(48,50-6-2)38(40-26-10-8-7-9-11-26)23-14-12-22(13-15-23)27-20-29(41(3)4)28-19-25-18-24(16-17-42)32(30(43)21-31(39)44)36(46)33(25)37(47)34(28)35(27)45;;;/h7-15,20,24-25,32,38,40,42,45,47H,5-6,16-19,21H2,1-4H3,(H2,39,44);1H2;2*1H. The highest BCUT2D eigenvalue weighted by Gasteiger charge is 2.48. The lowest BCUT2D eigenvalue weighted by Gasteiger charge is -2.40. The normalized spacial score (nSPS) is 18.9. The van der Waals surface area contributed by atoms with Crippen molar-refractivity contribution < 1.29 is 51.6 Å². The summed E-state index contributed by atoms with van der Waals surface area (Å²) in [6.45, 7) is 3.58. The minimum absolute atomic E-state index is 0. The second-order valence-corrected chi connectivity index (χ2v) is 15.2. The monoisotopic (exact) mass is 741 g/mol. The van der Waals surface area contributed by atoms with Crippen molar-refractivity contribution in [2.45, 2.75) is 45.3 Å². The number of nitrogens with zero attached hydrogens (tertiary/aromatic N) is 1. The third-order valence-electron chi connectivity index (χ3n) is 9.57. The number of ketones is 2. The molecule has 1 fully saturated rings. The van der Waals surface area contributed by atoms with Gasteiger partial charge in [-0.1, -0.05) is 42.5 Å². The molecule has 1 amide bonds. The summed E-state index contributed by atoms with van der Waals surface area (Å²) in [5.74, 6) is -5.90. The molecule has 3 aromatic carbocycles. The molecular weight excluding hydrogens is 689 g/mol. The third kappa shape index (κ3) is 7.94. The van der Waals surface area contributed by atoms with Gasteiger partial charge in [-0.25, -0.2) is 0 Å². The zero-order valence-electron chi connectivity index (χ0n) is 29.8. The largest absolute Gasteiger partial charge is 0.507 e. The molecule has 3 aromatic rings. The summed E-state index contributed by atoms with van der Waals surface area (Å²) in [6.07, 6.45) is 0.167. The molecular formula is C38H52N3O10P. The predicted molar refractivity (Wildman–Crippen MR) is 203 cm³/mol. The van der Waals surface area contributed by atoms with Gasteiger partial charge in [-0.15, -0.1) is 0 Å². The number of phenolic OH excluding ortho intramolecular Hbond substituents is 1. The number of allylic oxidation sites excluding steroid dienone is 1. The number of Topliss-reactive ketones (excluding diaryl/α,β-unsaturated/α-hetero) is 2. The van der Waals surface area contributed by atoms with Crippen LogP contribution in [0, 0.1) is 17.8 Å². The molecule has 2 aliphatic carbocycles. The summed E-state index contributed by atoms with van der Waals surface area (Å²) in [7, 11) is -0.0272. The van der Waals surface area contributed by atoms with Crippen molar-refractivity contribution >= 4 is 42.2 Å². The summed E-state index contributed by atoms with van der Waals surface area (Å²) in [6, 6.07) is 18.2. The molecule has 0 heterocycles. The highest BCUT2D eigenvalue weighted by Crippen LogP contribution is 2.61. The van der Waals surface area contributed by atoms with Crippen LogP contribution in [0.3, 0.4) is 0 Å². The number of primary amides is 1. The smallest absolute Gasteiger partial charge is 0.357 e. The number of nitrogens with two attached hydrogens (primary N) is 1. The SMILES string of the molecule is CCOP(=O)(OCC)C(Nc1ccccc1)c1ccc(-c2cc(N(C)C)c3c(c2O)C(O)=C2C(=O)C(C(=O)CC(N)=O)C(CCO)CC2C3)cc1.O.[HH].[HH]. The van der Waals surface area contributed by atoms with Crippen LogP contribution in [-0.4, -0.2) is 72.2 Å². The van der Waals surface area contributed by atoms with Gasteiger partial charge in [-0.3, -0.25) is 18.9 Å². The van der Waals surface area contributed by atoms with E-state index in [1.807, 2.05) is 55.4 Å². The van der Waals surface area contributed by atoms with Gasteiger partial charge in [0.2, 0.25) is 5.91 Å². The molecule has 1 saturated carbocycles. The maximum atomic E-state index is 14.1. The number of benzene rings is 3. The first kappa shape index (κ1) is 40.3. The molecule has 0 aromatic heterocycles. The van der Waals surface area contributed by atoms with Crippen molar-refractivity contribution in [3.05, 3.63) is 82.9 Å². The minimum atomic E-state index is -3.71. The van der Waals surface area contributed by atoms with Crippen molar-refractivity contribution in [3.63, 3.8) is 0 Å². The number of aliphatic hydroxyl groups excluding tert-OH is 2. The Morgan fingerprint density at radius 2 is 1.69 bits per heavy atom. The summed E-state index contributed by atoms with van der Waals surface area (Å²) < 4.78 is 25.6. The molecule has 0 saturated heterocycles. The Balaban J connectivity index is 0.00000336. The molecule has 2 aliphatic rings. The third-order valence-corrected chi connectivity index (χ3v) is 11.9. The van der Waals surface area contributed by atoms with Gasteiger partial charge < -0.3 is 45.8 Å². The van der Waals surface area contributed by atoms with Crippen molar-refractivity contribution in [3.8, 4) is 16.9 Å². The van der Waals surface area contributed by atoms with Gasteiger partial charge in [0.25, 0.3) is 0 Å². The number of rotatable bonds is 15. The van der Waals surface area contributed by atoms with Crippen LogP contribution in [0.25, 0.3) is 16.9 Å². The average Bonchev–Trinajstić information content (AvgIpc) is 3.07. The number of carbonyl (C=O) groups excluding carboxylic acids is 3. The Labute approximate surface area is 306 Å². The Hall–Kier alpha value is -4.52. The first-order valence-corrected chi connectivity index (χ1v) is 18.7. The van der Waals surface area contributed by atoms with E-state index in [0.717, 1.165) is 5.69 Å². The van der Waals surface area contributed by atoms with E-state index < -0.39 is 60.8 Å². The number of carbonyl (C=O) groups is 3. The topological polar surface area (TPSA) is 220 Å². The number of hydrogen-bond donors (Lipinski definition) is 5. The second kappa shape index (κ2) is 16.9. The summed E-state index contributed by atoms with van der Waals surface area (Å²) in [5, 5.41) is 36.7. The first-order valence-electron chi connectivity index (χ1n) is 17.1. The summed E-state index contributed by atoms with van der Waals surface area (Å²) in [4.78, 5) is 40.5. The molecule has 0 radical (unpaired) electrons. The summed E-state index contributed by atoms with van der Waals surface area (Å²) in [5.41, 5.74) is 9.06. The van der Waals surface area contributed by atoms with Crippen LogP contribution in [0.5, 0.6) is 5.75 Å². The molecule has 0 spiro atoms. The van der Waals surface area contributed by atoms with Crippen LogP contribution in [0.15, 0.2) is 66.2 Å². The molecule has 0 bridgehead atoms. The van der Waals surface area contributed by atoms with Gasteiger partial charge in [0.1, 0.15) is 11.5 Å². The Morgan fingerprint density at radius 1 is 1.06 bits per heavy atom. The maximum Gasteiger partial charge on any atom is 0.357 e. The van der Waals surface area contributed by atoms with Crippen molar-refractivity contribution in [2.24, 2.45) is 23.5 Å². The molecule has 14 heteroatoms. The number of fused-ring (bicyclic) bond motifs is 2. The van der Waals surface area contributed by atoms with Crippen LogP contribution in [0.1, 0.15) is 58.4 Å². The average molecular weight is 742 g/mol. The van der Waals surface area contributed by atoms with Gasteiger partial charge in [0, 0.05) is 46.1 Å². The van der Waals surface area contributed by atoms with E-state index in [-0.39, 0.29) is 51.5 Å². The fourth-order valence-electron chi connectivity index (χ4n) is 7.43. The molecule has 4 unspecified atom stereocenters. The number of phenols is 1. The first-order chi connectivity index (χ1) is 24.3. The van der Waals surface area contributed by atoms with E-state index >= 15 is 0 Å². The van der Waals surface area contributed by atoms with E-state index in [1.165, 1.54) is 0 Å². The molecule has 5 rings (SSSR count). The Bertz CT molecular complexity index is 1860. The summed E-state index contributed by atoms with van der Waals surface area (Å²) >= 11 is 0. The quantitative estimate of drug-likeness (QED) is 0.0947. The lowest BCUT2D eigenvalue weighted by molar-refractivity contribution is -0.137. The molecule has 0 aliphatic heterocycles. The second-order valence-electron chi connectivity index (χ2n) is 13.1.